The summed E-state index contributed by atoms with van der Waals surface area (Å²) in [6.45, 7) is 4.63. The Kier molecular flexibility index (Phi) is 5.26. The minimum Gasteiger partial charge on any atom is -0.492 e. The average Bonchev–Trinajstić information content (AvgIpc) is 2.50. The lowest BCUT2D eigenvalue weighted by Crippen LogP contribution is -2.15. The molecule has 0 bridgehead atoms. The first-order valence-corrected chi connectivity index (χ1v) is 7.04. The van der Waals surface area contributed by atoms with Gasteiger partial charge in [0.25, 0.3) is 5.91 Å². The van der Waals surface area contributed by atoms with Crippen LogP contribution < -0.4 is 10.1 Å². The molecule has 0 aliphatic carbocycles. The maximum absolute atomic E-state index is 12.4. The van der Waals surface area contributed by atoms with Gasteiger partial charge in [-0.15, -0.1) is 5.10 Å². The molecule has 0 radical (unpaired) electrons. The average molecular weight is 285 g/mol. The number of aromatic nitrogens is 2. The van der Waals surface area contributed by atoms with Crippen LogP contribution in [0.1, 0.15) is 35.7 Å². The summed E-state index contributed by atoms with van der Waals surface area (Å²) >= 11 is 0. The van der Waals surface area contributed by atoms with Crippen LogP contribution in [0.15, 0.2) is 36.5 Å². The molecule has 0 fully saturated rings. The van der Waals surface area contributed by atoms with Crippen molar-refractivity contribution in [3.63, 3.8) is 0 Å². The first kappa shape index (κ1) is 15.0. The number of anilines is 1. The Balaban J connectivity index is 2.18. The summed E-state index contributed by atoms with van der Waals surface area (Å²) in [4.78, 5) is 12.4. The van der Waals surface area contributed by atoms with Crippen molar-refractivity contribution in [2.45, 2.75) is 26.7 Å². The van der Waals surface area contributed by atoms with Crippen molar-refractivity contribution in [2.75, 3.05) is 11.9 Å². The highest BCUT2D eigenvalue weighted by Gasteiger charge is 2.15. The summed E-state index contributed by atoms with van der Waals surface area (Å²) < 4.78 is 5.77. The molecule has 1 heterocycles. The van der Waals surface area contributed by atoms with Gasteiger partial charge in [-0.25, -0.2) is 0 Å². The van der Waals surface area contributed by atoms with E-state index in [1.807, 2.05) is 19.1 Å². The smallest absolute Gasteiger partial charge is 0.260 e. The van der Waals surface area contributed by atoms with Crippen LogP contribution >= 0.6 is 0 Å². The highest BCUT2D eigenvalue weighted by Crippen LogP contribution is 2.24. The van der Waals surface area contributed by atoms with Gasteiger partial charge in [0.2, 0.25) is 0 Å². The fourth-order valence-electron chi connectivity index (χ4n) is 1.89. The third-order valence-electron chi connectivity index (χ3n) is 3.01. The van der Waals surface area contributed by atoms with E-state index in [0.29, 0.717) is 23.7 Å². The highest BCUT2D eigenvalue weighted by molar-refractivity contribution is 6.05. The molecule has 0 atom stereocenters. The quantitative estimate of drug-likeness (QED) is 0.828. The van der Waals surface area contributed by atoms with Crippen LogP contribution in [0.3, 0.4) is 0 Å². The number of unbranched alkanes of at least 4 members (excludes halogenated alkanes) is 1. The molecule has 2 aromatic rings. The van der Waals surface area contributed by atoms with Crippen LogP contribution in [0.4, 0.5) is 5.82 Å². The zero-order chi connectivity index (χ0) is 15.1. The Bertz CT molecular complexity index is 600. The van der Waals surface area contributed by atoms with E-state index in [0.717, 1.165) is 18.4 Å². The van der Waals surface area contributed by atoms with E-state index in [1.165, 1.54) is 0 Å². The van der Waals surface area contributed by atoms with Crippen molar-refractivity contribution in [3.05, 3.63) is 47.7 Å². The molecular weight excluding hydrogens is 266 g/mol. The SMILES string of the molecule is CCCCOc1c(C)cccc1C(=O)Nc1cccnn1. The normalized spacial score (nSPS) is 10.2. The summed E-state index contributed by atoms with van der Waals surface area (Å²) in [6.07, 6.45) is 3.56. The maximum Gasteiger partial charge on any atom is 0.260 e. The Morgan fingerprint density at radius 3 is 2.86 bits per heavy atom. The molecule has 0 unspecified atom stereocenters. The van der Waals surface area contributed by atoms with Crippen molar-refractivity contribution in [1.82, 2.24) is 10.2 Å². The molecule has 0 aliphatic heterocycles. The number of para-hydroxylation sites is 1. The Morgan fingerprint density at radius 2 is 2.14 bits per heavy atom. The molecule has 0 aliphatic rings. The van der Waals surface area contributed by atoms with Crippen molar-refractivity contribution in [1.29, 1.82) is 0 Å². The summed E-state index contributed by atoms with van der Waals surface area (Å²) in [5.41, 5.74) is 1.45. The number of amides is 1. The van der Waals surface area contributed by atoms with Gasteiger partial charge in [0.15, 0.2) is 5.82 Å². The molecule has 21 heavy (non-hydrogen) atoms. The van der Waals surface area contributed by atoms with E-state index in [-0.39, 0.29) is 5.91 Å². The van der Waals surface area contributed by atoms with Gasteiger partial charge in [0, 0.05) is 6.20 Å². The molecule has 2 rings (SSSR count). The van der Waals surface area contributed by atoms with Gasteiger partial charge >= 0.3 is 0 Å². The molecule has 110 valence electrons. The second-order valence-electron chi connectivity index (χ2n) is 4.72. The maximum atomic E-state index is 12.4. The Hall–Kier alpha value is -2.43. The number of carbonyl (C=O) groups excluding carboxylic acids is 1. The van der Waals surface area contributed by atoms with Crippen molar-refractivity contribution >= 4 is 11.7 Å². The van der Waals surface area contributed by atoms with Gasteiger partial charge in [-0.1, -0.05) is 25.5 Å². The molecule has 1 aromatic carbocycles. The van der Waals surface area contributed by atoms with Crippen molar-refractivity contribution in [2.24, 2.45) is 0 Å². The van der Waals surface area contributed by atoms with Crippen LogP contribution in [-0.4, -0.2) is 22.7 Å². The van der Waals surface area contributed by atoms with Crippen LogP contribution in [0.25, 0.3) is 0 Å². The predicted molar refractivity (Wildman–Crippen MR) is 81.6 cm³/mol. The lowest BCUT2D eigenvalue weighted by Gasteiger charge is -2.13. The molecule has 0 saturated heterocycles. The number of nitrogens with one attached hydrogen (secondary N) is 1. The molecule has 1 amide bonds. The second-order valence-corrected chi connectivity index (χ2v) is 4.72. The zero-order valence-corrected chi connectivity index (χ0v) is 12.3. The number of benzene rings is 1. The van der Waals surface area contributed by atoms with Crippen LogP contribution in [0.2, 0.25) is 0 Å². The highest BCUT2D eigenvalue weighted by atomic mass is 16.5. The summed E-state index contributed by atoms with van der Waals surface area (Å²) in [7, 11) is 0. The van der Waals surface area contributed by atoms with Gasteiger partial charge in [-0.05, 0) is 37.1 Å². The third-order valence-corrected chi connectivity index (χ3v) is 3.01. The monoisotopic (exact) mass is 285 g/mol. The third kappa shape index (κ3) is 4.02. The topological polar surface area (TPSA) is 64.1 Å². The number of nitrogens with zero attached hydrogens (tertiary/aromatic N) is 2. The summed E-state index contributed by atoms with van der Waals surface area (Å²) in [5, 5.41) is 10.3. The van der Waals surface area contributed by atoms with E-state index in [4.69, 9.17) is 4.74 Å². The number of hydrogen-bond acceptors (Lipinski definition) is 4. The fraction of sp³-hybridized carbons (Fsp3) is 0.312. The molecule has 5 heteroatoms. The van der Waals surface area contributed by atoms with Gasteiger partial charge in [-0.3, -0.25) is 4.79 Å². The summed E-state index contributed by atoms with van der Waals surface area (Å²) in [5.74, 6) is 0.807. The number of aryl methyl sites for hydroxylation is 1. The van der Waals surface area contributed by atoms with Crippen molar-refractivity contribution in [3.8, 4) is 5.75 Å². The number of hydrogen-bond donors (Lipinski definition) is 1. The van der Waals surface area contributed by atoms with E-state index < -0.39 is 0 Å². The van der Waals surface area contributed by atoms with E-state index in [2.05, 4.69) is 22.4 Å². The number of rotatable bonds is 6. The second kappa shape index (κ2) is 7.38. The van der Waals surface area contributed by atoms with Crippen LogP contribution in [-0.2, 0) is 0 Å². The lowest BCUT2D eigenvalue weighted by atomic mass is 10.1. The summed E-state index contributed by atoms with van der Waals surface area (Å²) in [6, 6.07) is 8.93. The molecular formula is C16H19N3O2. The lowest BCUT2D eigenvalue weighted by molar-refractivity contribution is 0.102. The fourth-order valence-corrected chi connectivity index (χ4v) is 1.89. The van der Waals surface area contributed by atoms with E-state index >= 15 is 0 Å². The van der Waals surface area contributed by atoms with Gasteiger partial charge in [0.05, 0.1) is 12.2 Å². The molecule has 5 nitrogen and oxygen atoms in total. The van der Waals surface area contributed by atoms with E-state index in [1.54, 1.807) is 24.4 Å². The standard InChI is InChI=1S/C16H19N3O2/c1-3-4-11-21-15-12(2)7-5-8-13(15)16(20)18-14-9-6-10-17-19-14/h5-10H,3-4,11H2,1-2H3,(H,18,19,20). The van der Waals surface area contributed by atoms with Crippen LogP contribution in [0, 0.1) is 6.92 Å². The van der Waals surface area contributed by atoms with Gasteiger partial charge in [-0.2, -0.15) is 5.10 Å². The number of carbonyl (C=O) groups is 1. The first-order valence-electron chi connectivity index (χ1n) is 7.04. The van der Waals surface area contributed by atoms with Crippen molar-refractivity contribution < 1.29 is 9.53 Å². The van der Waals surface area contributed by atoms with Crippen LogP contribution in [0.5, 0.6) is 5.75 Å². The van der Waals surface area contributed by atoms with Gasteiger partial charge in [0.1, 0.15) is 5.75 Å². The largest absolute Gasteiger partial charge is 0.492 e. The Morgan fingerprint density at radius 1 is 1.29 bits per heavy atom. The molecule has 1 N–H and O–H groups in total. The Labute approximate surface area is 124 Å². The number of ether oxygens (including phenoxy) is 1. The van der Waals surface area contributed by atoms with Gasteiger partial charge < -0.3 is 10.1 Å². The molecule has 0 spiro atoms. The molecule has 1 aromatic heterocycles. The first-order chi connectivity index (χ1) is 10.2. The predicted octanol–water partition coefficient (Wildman–Crippen LogP) is 3.22. The zero-order valence-electron chi connectivity index (χ0n) is 12.3. The molecule has 0 saturated carbocycles. The minimum absolute atomic E-state index is 0.245. The van der Waals surface area contributed by atoms with E-state index in [9.17, 15) is 4.79 Å². The minimum atomic E-state index is -0.245.